The van der Waals surface area contributed by atoms with Gasteiger partial charge in [0.1, 0.15) is 0 Å². The number of carbonyl (C=O) groups excluding carboxylic acids is 1. The van der Waals surface area contributed by atoms with Crippen molar-refractivity contribution >= 4 is 35.8 Å². The van der Waals surface area contributed by atoms with Crippen molar-refractivity contribution in [1.29, 1.82) is 0 Å². The zero-order valence-electron chi connectivity index (χ0n) is 11.5. The molecule has 0 heterocycles. The Morgan fingerprint density at radius 1 is 1.50 bits per heavy atom. The number of carbonyl (C=O) groups is 1. The van der Waals surface area contributed by atoms with E-state index in [1.54, 1.807) is 25.4 Å². The Kier molecular flexibility index (Phi) is 8.21. The molecule has 0 aliphatic rings. The summed E-state index contributed by atoms with van der Waals surface area (Å²) in [5, 5.41) is 16.6. The van der Waals surface area contributed by atoms with Gasteiger partial charge in [-0.15, -0.1) is 24.2 Å². The van der Waals surface area contributed by atoms with Gasteiger partial charge in [0, 0.05) is 24.2 Å². The number of nitrogens with zero attached hydrogens (tertiary/aromatic N) is 1. The van der Waals surface area contributed by atoms with Crippen LogP contribution in [0.4, 0.5) is 5.69 Å². The van der Waals surface area contributed by atoms with Crippen LogP contribution >= 0.6 is 24.2 Å². The van der Waals surface area contributed by atoms with E-state index in [1.165, 1.54) is 17.8 Å². The third-order valence-electron chi connectivity index (χ3n) is 2.70. The summed E-state index contributed by atoms with van der Waals surface area (Å²) in [5.74, 6) is -0.308. The molecular weight excluding hydrogens is 302 g/mol. The standard InChI is InChI=1S/C12H17N3O3S.ClH/c1-8(13-2)7-14-12(16)9-4-5-11(19-3)10(6-9)15(17)18;/h4-6,8,13H,7H2,1-3H3,(H,14,16);1H. The van der Waals surface area contributed by atoms with Crippen molar-refractivity contribution < 1.29 is 9.72 Å². The predicted molar refractivity (Wildman–Crippen MR) is 83.0 cm³/mol. The van der Waals surface area contributed by atoms with Crippen molar-refractivity contribution in [3.63, 3.8) is 0 Å². The number of rotatable bonds is 6. The Labute approximate surface area is 128 Å². The molecule has 20 heavy (non-hydrogen) atoms. The van der Waals surface area contributed by atoms with Gasteiger partial charge in [-0.3, -0.25) is 14.9 Å². The van der Waals surface area contributed by atoms with E-state index in [4.69, 9.17) is 0 Å². The number of hydrogen-bond donors (Lipinski definition) is 2. The van der Waals surface area contributed by atoms with Crippen LogP contribution < -0.4 is 10.6 Å². The largest absolute Gasteiger partial charge is 0.350 e. The number of thioether (sulfide) groups is 1. The second-order valence-electron chi connectivity index (χ2n) is 4.04. The minimum absolute atomic E-state index is 0. The highest BCUT2D eigenvalue weighted by Crippen LogP contribution is 2.28. The van der Waals surface area contributed by atoms with Crippen LogP contribution in [0.5, 0.6) is 0 Å². The normalized spacial score (nSPS) is 11.3. The molecule has 0 aromatic heterocycles. The topological polar surface area (TPSA) is 84.3 Å². The first-order chi connectivity index (χ1) is 8.99. The summed E-state index contributed by atoms with van der Waals surface area (Å²) in [6.45, 7) is 2.40. The molecule has 0 aliphatic carbocycles. The molecule has 1 atom stereocenters. The maximum absolute atomic E-state index is 11.9. The Balaban J connectivity index is 0.00000361. The first-order valence-corrected chi connectivity index (χ1v) is 7.00. The molecule has 112 valence electrons. The molecule has 0 bridgehead atoms. The molecule has 1 rings (SSSR count). The van der Waals surface area contributed by atoms with Gasteiger partial charge in [-0.05, 0) is 32.4 Å². The highest BCUT2D eigenvalue weighted by Gasteiger charge is 2.17. The second-order valence-corrected chi connectivity index (χ2v) is 4.89. The van der Waals surface area contributed by atoms with Crippen molar-refractivity contribution in [2.24, 2.45) is 0 Å². The second kappa shape index (κ2) is 8.78. The minimum Gasteiger partial charge on any atom is -0.350 e. The fourth-order valence-electron chi connectivity index (χ4n) is 1.42. The van der Waals surface area contributed by atoms with Crippen LogP contribution in [0, 0.1) is 10.1 Å². The lowest BCUT2D eigenvalue weighted by Gasteiger charge is -2.11. The van der Waals surface area contributed by atoms with Crippen molar-refractivity contribution in [3.05, 3.63) is 33.9 Å². The van der Waals surface area contributed by atoms with E-state index < -0.39 is 4.92 Å². The molecule has 0 radical (unpaired) electrons. The molecule has 6 nitrogen and oxygen atoms in total. The van der Waals surface area contributed by atoms with Gasteiger partial charge in [0.15, 0.2) is 0 Å². The molecular formula is C12H18ClN3O3S. The Morgan fingerprint density at radius 2 is 2.15 bits per heavy atom. The van der Waals surface area contributed by atoms with Crippen LogP contribution in [0.2, 0.25) is 0 Å². The number of benzene rings is 1. The first-order valence-electron chi connectivity index (χ1n) is 5.77. The zero-order valence-corrected chi connectivity index (χ0v) is 13.1. The number of hydrogen-bond acceptors (Lipinski definition) is 5. The lowest BCUT2D eigenvalue weighted by molar-refractivity contribution is -0.387. The van der Waals surface area contributed by atoms with Gasteiger partial charge in [-0.2, -0.15) is 0 Å². The Hall–Kier alpha value is -1.31. The van der Waals surface area contributed by atoms with Crippen LogP contribution in [0.1, 0.15) is 17.3 Å². The summed E-state index contributed by atoms with van der Waals surface area (Å²) in [4.78, 5) is 22.9. The molecule has 0 spiro atoms. The summed E-state index contributed by atoms with van der Waals surface area (Å²) in [5.41, 5.74) is 0.259. The molecule has 0 saturated carbocycles. The van der Waals surface area contributed by atoms with Gasteiger partial charge in [0.05, 0.1) is 9.82 Å². The van der Waals surface area contributed by atoms with Crippen molar-refractivity contribution in [3.8, 4) is 0 Å². The molecule has 1 aromatic carbocycles. The van der Waals surface area contributed by atoms with Gasteiger partial charge in [0.2, 0.25) is 0 Å². The average Bonchev–Trinajstić information content (AvgIpc) is 2.43. The first kappa shape index (κ1) is 18.7. The molecule has 2 N–H and O–H groups in total. The summed E-state index contributed by atoms with van der Waals surface area (Å²) >= 11 is 1.28. The summed E-state index contributed by atoms with van der Waals surface area (Å²) in [6.07, 6.45) is 1.76. The number of halogens is 1. The highest BCUT2D eigenvalue weighted by molar-refractivity contribution is 7.98. The summed E-state index contributed by atoms with van der Waals surface area (Å²) in [6, 6.07) is 4.65. The van der Waals surface area contributed by atoms with Crippen molar-refractivity contribution in [1.82, 2.24) is 10.6 Å². The zero-order chi connectivity index (χ0) is 14.4. The Morgan fingerprint density at radius 3 is 2.65 bits per heavy atom. The van der Waals surface area contributed by atoms with Crippen LogP contribution in [-0.4, -0.2) is 36.7 Å². The van der Waals surface area contributed by atoms with Gasteiger partial charge < -0.3 is 10.6 Å². The van der Waals surface area contributed by atoms with E-state index >= 15 is 0 Å². The van der Waals surface area contributed by atoms with Gasteiger partial charge in [-0.1, -0.05) is 0 Å². The van der Waals surface area contributed by atoms with Crippen molar-refractivity contribution in [2.75, 3.05) is 19.8 Å². The highest BCUT2D eigenvalue weighted by atomic mass is 35.5. The van der Waals surface area contributed by atoms with E-state index in [9.17, 15) is 14.9 Å². The van der Waals surface area contributed by atoms with E-state index in [2.05, 4.69) is 10.6 Å². The van der Waals surface area contributed by atoms with Crippen LogP contribution in [0.3, 0.4) is 0 Å². The van der Waals surface area contributed by atoms with Crippen molar-refractivity contribution in [2.45, 2.75) is 17.9 Å². The smallest absolute Gasteiger partial charge is 0.283 e. The fourth-order valence-corrected chi connectivity index (χ4v) is 1.97. The predicted octanol–water partition coefficient (Wildman–Crippen LogP) is 2.08. The molecule has 0 saturated heterocycles. The average molecular weight is 320 g/mol. The minimum atomic E-state index is -0.473. The van der Waals surface area contributed by atoms with E-state index in [-0.39, 0.29) is 30.0 Å². The van der Waals surface area contributed by atoms with E-state index in [1.807, 2.05) is 6.92 Å². The quantitative estimate of drug-likeness (QED) is 0.476. The van der Waals surface area contributed by atoms with E-state index in [0.717, 1.165) is 0 Å². The summed E-state index contributed by atoms with van der Waals surface area (Å²) < 4.78 is 0. The number of nitrogens with one attached hydrogen (secondary N) is 2. The third-order valence-corrected chi connectivity index (χ3v) is 3.48. The van der Waals surface area contributed by atoms with Gasteiger partial charge >= 0.3 is 0 Å². The van der Waals surface area contributed by atoms with Crippen LogP contribution in [0.25, 0.3) is 0 Å². The molecule has 8 heteroatoms. The Bertz CT molecular complexity index is 485. The lowest BCUT2D eigenvalue weighted by Crippen LogP contribution is -2.37. The van der Waals surface area contributed by atoms with E-state index in [0.29, 0.717) is 17.0 Å². The SMILES string of the molecule is CNC(C)CNC(=O)c1ccc(SC)c([N+](=O)[O-])c1.Cl. The maximum atomic E-state index is 11.9. The number of amides is 1. The third kappa shape index (κ3) is 4.99. The lowest BCUT2D eigenvalue weighted by atomic mass is 10.2. The number of nitro groups is 1. The molecule has 0 aliphatic heterocycles. The molecule has 1 aromatic rings. The molecule has 1 amide bonds. The van der Waals surface area contributed by atoms with Crippen LogP contribution in [-0.2, 0) is 0 Å². The van der Waals surface area contributed by atoms with Gasteiger partial charge in [-0.25, -0.2) is 0 Å². The van der Waals surface area contributed by atoms with Gasteiger partial charge in [0.25, 0.3) is 11.6 Å². The summed E-state index contributed by atoms with van der Waals surface area (Å²) in [7, 11) is 1.80. The maximum Gasteiger partial charge on any atom is 0.283 e. The number of nitro benzene ring substituents is 1. The molecule has 1 unspecified atom stereocenters. The van der Waals surface area contributed by atoms with Crippen LogP contribution in [0.15, 0.2) is 23.1 Å². The monoisotopic (exact) mass is 319 g/mol. The fraction of sp³-hybridized carbons (Fsp3) is 0.417. The molecule has 0 fully saturated rings. The number of likely N-dealkylation sites (N-methyl/N-ethyl adjacent to an activating group) is 1.